The first-order valence-electron chi connectivity index (χ1n) is 3.23. The normalized spacial score (nSPS) is 8.82. The van der Waals surface area contributed by atoms with Crippen molar-refractivity contribution in [1.29, 1.82) is 0 Å². The molecule has 11 heavy (non-hydrogen) atoms. The molecule has 56 valence electrons. The molecular weight excluding hydrogens is 202 g/mol. The monoisotopic (exact) mass is 209 g/mol. The lowest BCUT2D eigenvalue weighted by Crippen LogP contribution is -1.83. The van der Waals surface area contributed by atoms with Gasteiger partial charge in [0.05, 0.1) is 0 Å². The minimum Gasteiger partial charge on any atom is -0.265 e. The molecule has 1 heterocycles. The summed E-state index contributed by atoms with van der Waals surface area (Å²) in [6.07, 6.45) is 3.52. The molecule has 0 aromatic carbocycles. The van der Waals surface area contributed by atoms with Gasteiger partial charge in [-0.3, -0.25) is 4.98 Å². The highest BCUT2D eigenvalue weighted by molar-refractivity contribution is 9.09. The maximum Gasteiger partial charge on any atom is 0.0362 e. The average molecular weight is 210 g/mol. The second-order valence-corrected chi connectivity index (χ2v) is 2.59. The van der Waals surface area contributed by atoms with Gasteiger partial charge in [-0.2, -0.15) is 0 Å². The molecule has 0 spiro atoms. The standard InChI is InChI=1S/C9H8BrN/c1-2-8(7-10)9-3-5-11-6-4-9/h3-6H,1,7H2. The van der Waals surface area contributed by atoms with Gasteiger partial charge in [-0.15, -0.1) is 5.73 Å². The Morgan fingerprint density at radius 3 is 2.64 bits per heavy atom. The number of allylic oxidation sites excluding steroid dienone is 1. The van der Waals surface area contributed by atoms with Crippen molar-refractivity contribution >= 4 is 21.5 Å². The summed E-state index contributed by atoms with van der Waals surface area (Å²) in [5, 5.41) is 0.778. The first-order valence-corrected chi connectivity index (χ1v) is 4.36. The lowest BCUT2D eigenvalue weighted by molar-refractivity contribution is 1.31. The maximum atomic E-state index is 3.92. The summed E-state index contributed by atoms with van der Waals surface area (Å²) in [4.78, 5) is 3.92. The number of aromatic nitrogens is 1. The molecule has 0 bridgehead atoms. The van der Waals surface area contributed by atoms with E-state index in [1.165, 1.54) is 0 Å². The van der Waals surface area contributed by atoms with Gasteiger partial charge in [-0.1, -0.05) is 22.5 Å². The van der Waals surface area contributed by atoms with E-state index < -0.39 is 0 Å². The Balaban J connectivity index is 3.02. The lowest BCUT2D eigenvalue weighted by Gasteiger charge is -1.97. The van der Waals surface area contributed by atoms with Crippen molar-refractivity contribution in [1.82, 2.24) is 4.98 Å². The Morgan fingerprint density at radius 2 is 2.18 bits per heavy atom. The number of hydrogen-bond donors (Lipinski definition) is 0. The summed E-state index contributed by atoms with van der Waals surface area (Å²) in [6, 6.07) is 3.88. The third-order valence-electron chi connectivity index (χ3n) is 1.38. The van der Waals surface area contributed by atoms with E-state index in [9.17, 15) is 0 Å². The fourth-order valence-electron chi connectivity index (χ4n) is 0.780. The molecule has 1 aromatic rings. The van der Waals surface area contributed by atoms with E-state index >= 15 is 0 Å². The third-order valence-corrected chi connectivity index (χ3v) is 1.94. The van der Waals surface area contributed by atoms with Crippen molar-refractivity contribution in [2.45, 2.75) is 0 Å². The third kappa shape index (κ3) is 2.04. The summed E-state index contributed by atoms with van der Waals surface area (Å²) >= 11 is 3.35. The van der Waals surface area contributed by atoms with Gasteiger partial charge in [-0.25, -0.2) is 0 Å². The van der Waals surface area contributed by atoms with Crippen LogP contribution in [0.4, 0.5) is 0 Å². The van der Waals surface area contributed by atoms with Crippen LogP contribution >= 0.6 is 15.9 Å². The Morgan fingerprint density at radius 1 is 1.55 bits per heavy atom. The summed E-state index contributed by atoms with van der Waals surface area (Å²) < 4.78 is 0. The largest absolute Gasteiger partial charge is 0.265 e. The van der Waals surface area contributed by atoms with Crippen LogP contribution in [0.25, 0.3) is 5.57 Å². The molecule has 0 unspecified atom stereocenters. The molecule has 0 radical (unpaired) electrons. The smallest absolute Gasteiger partial charge is 0.0362 e. The van der Waals surface area contributed by atoms with Gasteiger partial charge in [0.2, 0.25) is 0 Å². The van der Waals surface area contributed by atoms with Gasteiger partial charge in [0.25, 0.3) is 0 Å². The Bertz CT molecular complexity index is 273. The number of alkyl halides is 1. The summed E-state index contributed by atoms with van der Waals surface area (Å²) in [7, 11) is 0. The maximum absolute atomic E-state index is 3.92. The molecule has 1 nitrogen and oxygen atoms in total. The zero-order chi connectivity index (χ0) is 8.10. The van der Waals surface area contributed by atoms with Crippen LogP contribution in [0.3, 0.4) is 0 Å². The molecule has 1 rings (SSSR count). The van der Waals surface area contributed by atoms with Crippen LogP contribution in [0.1, 0.15) is 5.56 Å². The van der Waals surface area contributed by atoms with Gasteiger partial charge in [0, 0.05) is 23.3 Å². The van der Waals surface area contributed by atoms with Crippen molar-refractivity contribution in [2.24, 2.45) is 0 Å². The molecule has 0 aliphatic carbocycles. The topological polar surface area (TPSA) is 12.9 Å². The van der Waals surface area contributed by atoms with E-state index in [1.807, 2.05) is 12.1 Å². The highest BCUT2D eigenvalue weighted by Gasteiger charge is 1.95. The molecule has 0 N–H and O–H groups in total. The number of halogens is 1. The first kappa shape index (κ1) is 8.25. The van der Waals surface area contributed by atoms with E-state index in [0.717, 1.165) is 16.5 Å². The van der Waals surface area contributed by atoms with Crippen molar-refractivity contribution in [3.63, 3.8) is 0 Å². The van der Waals surface area contributed by atoms with Crippen molar-refractivity contribution in [2.75, 3.05) is 5.33 Å². The molecule has 0 aliphatic rings. The van der Waals surface area contributed by atoms with Crippen LogP contribution in [0.15, 0.2) is 36.8 Å². The molecule has 0 fully saturated rings. The van der Waals surface area contributed by atoms with Gasteiger partial charge in [0.1, 0.15) is 0 Å². The highest BCUT2D eigenvalue weighted by Crippen LogP contribution is 2.13. The molecule has 0 aliphatic heterocycles. The molecule has 0 atom stereocenters. The van der Waals surface area contributed by atoms with E-state index in [4.69, 9.17) is 0 Å². The second-order valence-electron chi connectivity index (χ2n) is 2.02. The van der Waals surface area contributed by atoms with E-state index in [0.29, 0.717) is 0 Å². The summed E-state index contributed by atoms with van der Waals surface area (Å²) in [5.41, 5.74) is 5.04. The fourth-order valence-corrected chi connectivity index (χ4v) is 1.30. The zero-order valence-electron chi connectivity index (χ0n) is 6.05. The van der Waals surface area contributed by atoms with Crippen molar-refractivity contribution < 1.29 is 0 Å². The lowest BCUT2D eigenvalue weighted by atomic mass is 10.1. The number of rotatable bonds is 2. The van der Waals surface area contributed by atoms with Crippen LogP contribution in [0.5, 0.6) is 0 Å². The predicted molar refractivity (Wildman–Crippen MR) is 50.6 cm³/mol. The zero-order valence-corrected chi connectivity index (χ0v) is 7.63. The van der Waals surface area contributed by atoms with Crippen LogP contribution < -0.4 is 0 Å². The van der Waals surface area contributed by atoms with Crippen LogP contribution in [0, 0.1) is 0 Å². The number of pyridine rings is 1. The molecule has 0 amide bonds. The number of nitrogens with zero attached hydrogens (tertiary/aromatic N) is 1. The highest BCUT2D eigenvalue weighted by atomic mass is 79.9. The number of hydrogen-bond acceptors (Lipinski definition) is 1. The Labute approximate surface area is 74.6 Å². The molecule has 1 aromatic heterocycles. The minimum absolute atomic E-state index is 0.778. The minimum atomic E-state index is 0.778. The molecule has 0 saturated carbocycles. The van der Waals surface area contributed by atoms with Gasteiger partial charge in [-0.05, 0) is 17.7 Å². The second kappa shape index (κ2) is 4.12. The average Bonchev–Trinajstić information content (AvgIpc) is 2.09. The quantitative estimate of drug-likeness (QED) is 0.540. The Hall–Kier alpha value is -0.850. The van der Waals surface area contributed by atoms with Crippen LogP contribution in [0.2, 0.25) is 0 Å². The van der Waals surface area contributed by atoms with Gasteiger partial charge < -0.3 is 0 Å². The Kier molecular flexibility index (Phi) is 3.09. The predicted octanol–water partition coefficient (Wildman–Crippen LogP) is 2.64. The van der Waals surface area contributed by atoms with Crippen LogP contribution in [-0.2, 0) is 0 Å². The fraction of sp³-hybridized carbons (Fsp3) is 0.111. The SMILES string of the molecule is C=C=C(CBr)c1ccncc1. The van der Waals surface area contributed by atoms with Crippen molar-refractivity contribution in [3.8, 4) is 0 Å². The van der Waals surface area contributed by atoms with Gasteiger partial charge >= 0.3 is 0 Å². The molecule has 0 saturated heterocycles. The van der Waals surface area contributed by atoms with Crippen molar-refractivity contribution in [3.05, 3.63) is 42.4 Å². The van der Waals surface area contributed by atoms with E-state index in [2.05, 4.69) is 33.2 Å². The molecular formula is C9H8BrN. The summed E-state index contributed by atoms with van der Waals surface area (Å²) in [6.45, 7) is 3.60. The van der Waals surface area contributed by atoms with Crippen LogP contribution in [-0.4, -0.2) is 10.3 Å². The molecule has 2 heteroatoms. The van der Waals surface area contributed by atoms with E-state index in [-0.39, 0.29) is 0 Å². The first-order chi connectivity index (χ1) is 5.38. The van der Waals surface area contributed by atoms with E-state index in [1.54, 1.807) is 12.4 Å². The van der Waals surface area contributed by atoms with Gasteiger partial charge in [0.15, 0.2) is 0 Å². The summed E-state index contributed by atoms with van der Waals surface area (Å²) in [5.74, 6) is 0.